The van der Waals surface area contributed by atoms with Crippen molar-refractivity contribution in [3.05, 3.63) is 72.3 Å². The maximum Gasteiger partial charge on any atom is 0.321 e. The molecule has 0 radical (unpaired) electrons. The lowest BCUT2D eigenvalue weighted by molar-refractivity contribution is 0.442. The van der Waals surface area contributed by atoms with Gasteiger partial charge in [-0.3, -0.25) is 0 Å². The minimum Gasteiger partial charge on any atom is -0.424 e. The Labute approximate surface area is 132 Å². The van der Waals surface area contributed by atoms with Crippen molar-refractivity contribution in [3.8, 4) is 29.0 Å². The molecule has 0 aliphatic carbocycles. The Morgan fingerprint density at radius 1 is 0.913 bits per heavy atom. The largest absolute Gasteiger partial charge is 0.424 e. The zero-order chi connectivity index (χ0) is 16.1. The fourth-order valence-electron chi connectivity index (χ4n) is 2.03. The van der Waals surface area contributed by atoms with E-state index in [9.17, 15) is 4.39 Å². The Morgan fingerprint density at radius 3 is 2.17 bits per heavy atom. The molecule has 0 unspecified atom stereocenters. The van der Waals surface area contributed by atoms with Crippen LogP contribution >= 0.6 is 0 Å². The maximum atomic E-state index is 12.9. The molecule has 0 N–H and O–H groups in total. The van der Waals surface area contributed by atoms with E-state index >= 15 is 0 Å². The lowest BCUT2D eigenvalue weighted by atomic mass is 10.1. The van der Waals surface area contributed by atoms with Crippen LogP contribution < -0.4 is 4.74 Å². The highest BCUT2D eigenvalue weighted by molar-refractivity contribution is 5.61. The smallest absolute Gasteiger partial charge is 0.321 e. The SMILES string of the molecule is N#CCc1ccc(Oc2ncc(-c3ccc(F)cc3)cn2)cc1. The monoisotopic (exact) mass is 305 g/mol. The van der Waals surface area contributed by atoms with E-state index in [4.69, 9.17) is 10.00 Å². The predicted octanol–water partition coefficient (Wildman–Crippen LogP) is 4.14. The molecule has 23 heavy (non-hydrogen) atoms. The van der Waals surface area contributed by atoms with Crippen molar-refractivity contribution >= 4 is 0 Å². The fraction of sp³-hybridized carbons (Fsp3) is 0.0556. The van der Waals surface area contributed by atoms with Crippen molar-refractivity contribution in [1.82, 2.24) is 9.97 Å². The van der Waals surface area contributed by atoms with Crippen molar-refractivity contribution in [1.29, 1.82) is 5.26 Å². The van der Waals surface area contributed by atoms with Crippen molar-refractivity contribution < 1.29 is 9.13 Å². The van der Waals surface area contributed by atoms with E-state index in [1.165, 1.54) is 12.1 Å². The van der Waals surface area contributed by atoms with Gasteiger partial charge in [0.2, 0.25) is 0 Å². The summed E-state index contributed by atoms with van der Waals surface area (Å²) in [5.41, 5.74) is 2.54. The normalized spacial score (nSPS) is 10.1. The molecule has 0 atom stereocenters. The Bertz CT molecular complexity index is 822. The van der Waals surface area contributed by atoms with Gasteiger partial charge in [0.25, 0.3) is 0 Å². The van der Waals surface area contributed by atoms with Gasteiger partial charge in [0.05, 0.1) is 12.5 Å². The van der Waals surface area contributed by atoms with Crippen LogP contribution in [0.1, 0.15) is 5.56 Å². The molecule has 0 saturated heterocycles. The number of rotatable bonds is 4. The van der Waals surface area contributed by atoms with Crippen LogP contribution in [0.2, 0.25) is 0 Å². The van der Waals surface area contributed by atoms with Crippen LogP contribution in [0.15, 0.2) is 60.9 Å². The zero-order valence-electron chi connectivity index (χ0n) is 12.1. The Hall–Kier alpha value is -3.26. The minimum absolute atomic E-state index is 0.226. The van der Waals surface area contributed by atoms with Crippen LogP contribution in [0.4, 0.5) is 4.39 Å². The second kappa shape index (κ2) is 6.67. The quantitative estimate of drug-likeness (QED) is 0.727. The van der Waals surface area contributed by atoms with Gasteiger partial charge in [0.15, 0.2) is 0 Å². The molecule has 3 rings (SSSR count). The molecule has 4 nitrogen and oxygen atoms in total. The summed E-state index contributed by atoms with van der Waals surface area (Å²) >= 11 is 0. The fourth-order valence-corrected chi connectivity index (χ4v) is 2.03. The summed E-state index contributed by atoms with van der Waals surface area (Å²) in [5, 5.41) is 8.64. The zero-order valence-corrected chi connectivity index (χ0v) is 12.1. The van der Waals surface area contributed by atoms with Gasteiger partial charge in [-0.1, -0.05) is 24.3 Å². The van der Waals surface area contributed by atoms with Crippen LogP contribution in [-0.2, 0) is 6.42 Å². The van der Waals surface area contributed by atoms with Gasteiger partial charge < -0.3 is 4.74 Å². The molecule has 112 valence electrons. The molecule has 0 aliphatic heterocycles. The van der Waals surface area contributed by atoms with Crippen LogP contribution in [0.25, 0.3) is 11.1 Å². The molecule has 0 saturated carbocycles. The molecule has 0 fully saturated rings. The molecule has 5 heteroatoms. The van der Waals surface area contributed by atoms with Gasteiger partial charge in [-0.2, -0.15) is 5.26 Å². The second-order valence-electron chi connectivity index (χ2n) is 4.84. The van der Waals surface area contributed by atoms with Gasteiger partial charge in [0.1, 0.15) is 11.6 Å². The number of benzene rings is 2. The summed E-state index contributed by atoms with van der Waals surface area (Å²) in [6.07, 6.45) is 3.61. The predicted molar refractivity (Wildman–Crippen MR) is 83.3 cm³/mol. The van der Waals surface area contributed by atoms with E-state index in [0.717, 1.165) is 16.7 Å². The van der Waals surface area contributed by atoms with E-state index in [0.29, 0.717) is 12.2 Å². The molecular weight excluding hydrogens is 293 g/mol. The highest BCUT2D eigenvalue weighted by Crippen LogP contribution is 2.22. The topological polar surface area (TPSA) is 58.8 Å². The second-order valence-corrected chi connectivity index (χ2v) is 4.84. The van der Waals surface area contributed by atoms with Crippen molar-refractivity contribution in [2.45, 2.75) is 6.42 Å². The van der Waals surface area contributed by atoms with Crippen LogP contribution in [0, 0.1) is 17.1 Å². The number of aromatic nitrogens is 2. The maximum absolute atomic E-state index is 12.9. The molecular formula is C18H12FN3O. The summed E-state index contributed by atoms with van der Waals surface area (Å²) in [7, 11) is 0. The van der Waals surface area contributed by atoms with E-state index in [-0.39, 0.29) is 11.8 Å². The van der Waals surface area contributed by atoms with Crippen LogP contribution in [0.3, 0.4) is 0 Å². The number of hydrogen-bond donors (Lipinski definition) is 0. The molecule has 0 spiro atoms. The molecule has 1 aromatic heterocycles. The first-order valence-corrected chi connectivity index (χ1v) is 6.96. The number of halogens is 1. The van der Waals surface area contributed by atoms with Gasteiger partial charge in [0, 0.05) is 18.0 Å². The van der Waals surface area contributed by atoms with Gasteiger partial charge in [-0.25, -0.2) is 14.4 Å². The summed E-state index contributed by atoms with van der Waals surface area (Å²) in [6, 6.07) is 15.6. The highest BCUT2D eigenvalue weighted by Gasteiger charge is 2.03. The van der Waals surface area contributed by atoms with E-state index < -0.39 is 0 Å². The Balaban J connectivity index is 1.72. The molecule has 2 aromatic carbocycles. The Kier molecular flexibility index (Phi) is 4.25. The van der Waals surface area contributed by atoms with E-state index in [1.54, 1.807) is 36.7 Å². The number of nitriles is 1. The molecule has 1 heterocycles. The van der Waals surface area contributed by atoms with Gasteiger partial charge in [-0.05, 0) is 35.4 Å². The summed E-state index contributed by atoms with van der Waals surface area (Å²) in [5.74, 6) is 0.315. The minimum atomic E-state index is -0.283. The number of ether oxygens (including phenoxy) is 1. The molecule has 0 amide bonds. The Morgan fingerprint density at radius 2 is 1.57 bits per heavy atom. The van der Waals surface area contributed by atoms with Crippen molar-refractivity contribution in [2.24, 2.45) is 0 Å². The van der Waals surface area contributed by atoms with Crippen molar-refractivity contribution in [2.75, 3.05) is 0 Å². The average molecular weight is 305 g/mol. The summed E-state index contributed by atoms with van der Waals surface area (Å²) in [6.45, 7) is 0. The van der Waals surface area contributed by atoms with Crippen LogP contribution in [0.5, 0.6) is 11.8 Å². The van der Waals surface area contributed by atoms with Gasteiger partial charge in [-0.15, -0.1) is 0 Å². The number of hydrogen-bond acceptors (Lipinski definition) is 4. The first kappa shape index (κ1) is 14.7. The lowest BCUT2D eigenvalue weighted by Gasteiger charge is -2.05. The van der Waals surface area contributed by atoms with Crippen molar-refractivity contribution in [3.63, 3.8) is 0 Å². The van der Waals surface area contributed by atoms with E-state index in [1.807, 2.05) is 12.1 Å². The molecule has 0 bridgehead atoms. The van der Waals surface area contributed by atoms with Crippen LogP contribution in [-0.4, -0.2) is 9.97 Å². The van der Waals surface area contributed by atoms with E-state index in [2.05, 4.69) is 16.0 Å². The highest BCUT2D eigenvalue weighted by atomic mass is 19.1. The molecule has 3 aromatic rings. The standard InChI is InChI=1S/C18H12FN3O/c19-16-5-3-14(4-6-16)15-11-21-18(22-12-15)23-17-7-1-13(2-8-17)9-10-20/h1-8,11-12H,9H2. The first-order valence-electron chi connectivity index (χ1n) is 6.96. The number of nitrogens with zero attached hydrogens (tertiary/aromatic N) is 3. The van der Waals surface area contributed by atoms with Gasteiger partial charge >= 0.3 is 6.01 Å². The third-order valence-corrected chi connectivity index (χ3v) is 3.22. The summed E-state index contributed by atoms with van der Waals surface area (Å²) < 4.78 is 18.5. The third-order valence-electron chi connectivity index (χ3n) is 3.22. The average Bonchev–Trinajstić information content (AvgIpc) is 2.58. The summed E-state index contributed by atoms with van der Waals surface area (Å²) in [4.78, 5) is 8.30. The molecule has 0 aliphatic rings. The first-order chi connectivity index (χ1) is 11.2. The lowest BCUT2D eigenvalue weighted by Crippen LogP contribution is -1.92. The third kappa shape index (κ3) is 3.69.